The molecule has 6 nitrogen and oxygen atoms in total. The van der Waals surface area contributed by atoms with Crippen LogP contribution in [0.3, 0.4) is 0 Å². The van der Waals surface area contributed by atoms with E-state index in [4.69, 9.17) is 9.84 Å². The highest BCUT2D eigenvalue weighted by Crippen LogP contribution is 2.24. The average molecular weight is 269 g/mol. The summed E-state index contributed by atoms with van der Waals surface area (Å²) in [7, 11) is 1.59. The molecule has 1 aromatic carbocycles. The van der Waals surface area contributed by atoms with Crippen molar-refractivity contribution >= 4 is 11.6 Å². The van der Waals surface area contributed by atoms with Gasteiger partial charge < -0.3 is 9.84 Å². The van der Waals surface area contributed by atoms with E-state index in [1.165, 1.54) is 10.6 Å². The number of hydrogen-bond donors (Lipinski definition) is 1. The summed E-state index contributed by atoms with van der Waals surface area (Å²) < 4.78 is 6.70. The molecule has 0 saturated heterocycles. The molecule has 0 aliphatic carbocycles. The molecule has 0 bridgehead atoms. The summed E-state index contributed by atoms with van der Waals surface area (Å²) in [4.78, 5) is 15.1. The van der Waals surface area contributed by atoms with Crippen molar-refractivity contribution in [2.45, 2.75) is 0 Å². The molecule has 3 aromatic rings. The van der Waals surface area contributed by atoms with Crippen molar-refractivity contribution in [3.05, 3.63) is 48.3 Å². The second kappa shape index (κ2) is 4.65. The lowest BCUT2D eigenvalue weighted by molar-refractivity contribution is 0.0690. The van der Waals surface area contributed by atoms with Gasteiger partial charge in [-0.3, -0.25) is 0 Å². The molecule has 0 spiro atoms. The van der Waals surface area contributed by atoms with Crippen LogP contribution in [0.2, 0.25) is 0 Å². The van der Waals surface area contributed by atoms with Gasteiger partial charge in [-0.05, 0) is 18.2 Å². The summed E-state index contributed by atoms with van der Waals surface area (Å²) >= 11 is 0. The molecule has 6 heteroatoms. The molecule has 0 radical (unpaired) electrons. The van der Waals surface area contributed by atoms with Gasteiger partial charge in [0.25, 0.3) is 0 Å². The molecule has 2 aromatic heterocycles. The van der Waals surface area contributed by atoms with Crippen LogP contribution < -0.4 is 4.74 Å². The molecule has 0 amide bonds. The van der Waals surface area contributed by atoms with Gasteiger partial charge in [-0.25, -0.2) is 14.3 Å². The topological polar surface area (TPSA) is 76.7 Å². The van der Waals surface area contributed by atoms with Crippen LogP contribution in [0.1, 0.15) is 10.5 Å². The number of ether oxygens (including phenoxy) is 1. The van der Waals surface area contributed by atoms with Crippen molar-refractivity contribution in [1.29, 1.82) is 0 Å². The van der Waals surface area contributed by atoms with Crippen LogP contribution in [0.5, 0.6) is 5.75 Å². The summed E-state index contributed by atoms with van der Waals surface area (Å²) in [5.41, 5.74) is 2.08. The fourth-order valence-corrected chi connectivity index (χ4v) is 2.00. The highest BCUT2D eigenvalue weighted by atomic mass is 16.5. The number of aromatic carboxylic acids is 1. The Hall–Kier alpha value is -2.89. The quantitative estimate of drug-likeness (QED) is 0.788. The summed E-state index contributed by atoms with van der Waals surface area (Å²) in [6.07, 6.45) is 1.62. The number of rotatable bonds is 3. The van der Waals surface area contributed by atoms with E-state index in [2.05, 4.69) is 10.1 Å². The van der Waals surface area contributed by atoms with Crippen molar-refractivity contribution < 1.29 is 14.6 Å². The van der Waals surface area contributed by atoms with Gasteiger partial charge in [0.15, 0.2) is 11.3 Å². The molecule has 0 aliphatic rings. The fraction of sp³-hybridized carbons (Fsp3) is 0.0714. The number of benzene rings is 1. The average Bonchev–Trinajstić information content (AvgIpc) is 2.91. The Balaban J connectivity index is 2.22. The van der Waals surface area contributed by atoms with Gasteiger partial charge in [0.1, 0.15) is 5.75 Å². The van der Waals surface area contributed by atoms with E-state index >= 15 is 0 Å². The molecular formula is C14H11N3O3. The van der Waals surface area contributed by atoms with Crippen molar-refractivity contribution in [1.82, 2.24) is 14.6 Å². The Morgan fingerprint density at radius 3 is 2.90 bits per heavy atom. The predicted molar refractivity (Wildman–Crippen MR) is 71.9 cm³/mol. The van der Waals surface area contributed by atoms with Gasteiger partial charge in [0.2, 0.25) is 0 Å². The number of fused-ring (bicyclic) bond motifs is 1. The maximum absolute atomic E-state index is 11.0. The Bertz CT molecular complexity index is 795. The van der Waals surface area contributed by atoms with Crippen LogP contribution in [0.4, 0.5) is 0 Å². The molecule has 0 saturated carbocycles. The zero-order valence-corrected chi connectivity index (χ0v) is 10.6. The first kappa shape index (κ1) is 12.2. The van der Waals surface area contributed by atoms with Gasteiger partial charge in [-0.2, -0.15) is 5.10 Å². The van der Waals surface area contributed by atoms with E-state index in [-0.39, 0.29) is 5.69 Å². The Morgan fingerprint density at radius 1 is 1.30 bits per heavy atom. The number of carbonyl (C=O) groups is 1. The second-order valence-electron chi connectivity index (χ2n) is 4.17. The number of carboxylic acid groups (broad SMARTS) is 1. The monoisotopic (exact) mass is 269 g/mol. The van der Waals surface area contributed by atoms with Gasteiger partial charge in [0, 0.05) is 17.8 Å². The minimum Gasteiger partial charge on any atom is -0.497 e. The summed E-state index contributed by atoms with van der Waals surface area (Å²) in [6, 6.07) is 10.7. The van der Waals surface area contributed by atoms with Gasteiger partial charge >= 0.3 is 5.97 Å². The van der Waals surface area contributed by atoms with Crippen molar-refractivity contribution in [2.24, 2.45) is 0 Å². The highest BCUT2D eigenvalue weighted by Gasteiger charge is 2.12. The van der Waals surface area contributed by atoms with Crippen molar-refractivity contribution in [3.8, 4) is 17.0 Å². The maximum atomic E-state index is 11.0. The Labute approximate surface area is 114 Å². The third-order valence-electron chi connectivity index (χ3n) is 2.94. The highest BCUT2D eigenvalue weighted by molar-refractivity contribution is 5.87. The van der Waals surface area contributed by atoms with Crippen LogP contribution in [0.15, 0.2) is 42.6 Å². The molecule has 0 aliphatic heterocycles. The molecule has 20 heavy (non-hydrogen) atoms. The van der Waals surface area contributed by atoms with Crippen LogP contribution in [0, 0.1) is 0 Å². The van der Waals surface area contributed by atoms with E-state index in [0.717, 1.165) is 17.0 Å². The summed E-state index contributed by atoms with van der Waals surface area (Å²) in [6.45, 7) is 0. The maximum Gasteiger partial charge on any atom is 0.356 e. The van der Waals surface area contributed by atoms with E-state index in [1.807, 2.05) is 24.3 Å². The molecule has 3 rings (SSSR count). The number of nitrogens with zero attached hydrogens (tertiary/aromatic N) is 3. The zero-order valence-electron chi connectivity index (χ0n) is 10.6. The lowest BCUT2D eigenvalue weighted by Crippen LogP contribution is -1.99. The van der Waals surface area contributed by atoms with Gasteiger partial charge in [-0.1, -0.05) is 12.1 Å². The molecule has 0 unspecified atom stereocenters. The molecule has 2 heterocycles. The Kier molecular flexibility index (Phi) is 2.83. The largest absolute Gasteiger partial charge is 0.497 e. The third kappa shape index (κ3) is 1.97. The third-order valence-corrected chi connectivity index (χ3v) is 2.94. The molecule has 100 valence electrons. The first-order chi connectivity index (χ1) is 9.69. The van der Waals surface area contributed by atoms with E-state index in [9.17, 15) is 4.79 Å². The van der Waals surface area contributed by atoms with Crippen molar-refractivity contribution in [3.63, 3.8) is 0 Å². The predicted octanol–water partition coefficient (Wildman–Crippen LogP) is 2.10. The van der Waals surface area contributed by atoms with Crippen LogP contribution in [0.25, 0.3) is 16.9 Å². The van der Waals surface area contributed by atoms with Crippen LogP contribution in [-0.2, 0) is 0 Å². The number of methoxy groups -OCH3 is 1. The number of hydrogen-bond acceptors (Lipinski definition) is 4. The SMILES string of the molecule is COc1cccc(-c2ccnc3cc(C(=O)O)nn23)c1. The normalized spacial score (nSPS) is 10.7. The van der Waals surface area contributed by atoms with E-state index in [0.29, 0.717) is 5.65 Å². The lowest BCUT2D eigenvalue weighted by Gasteiger charge is -2.06. The van der Waals surface area contributed by atoms with E-state index in [1.54, 1.807) is 19.4 Å². The number of carboxylic acids is 1. The molecular weight excluding hydrogens is 258 g/mol. The van der Waals surface area contributed by atoms with Gasteiger partial charge in [0.05, 0.1) is 12.8 Å². The minimum absolute atomic E-state index is 0.0344. The van der Waals surface area contributed by atoms with Gasteiger partial charge in [-0.15, -0.1) is 0 Å². The number of aromatic nitrogens is 3. The molecule has 0 fully saturated rings. The van der Waals surface area contributed by atoms with Crippen LogP contribution >= 0.6 is 0 Å². The van der Waals surface area contributed by atoms with Crippen LogP contribution in [-0.4, -0.2) is 32.8 Å². The van der Waals surface area contributed by atoms with Crippen molar-refractivity contribution in [2.75, 3.05) is 7.11 Å². The smallest absolute Gasteiger partial charge is 0.356 e. The fourth-order valence-electron chi connectivity index (χ4n) is 2.00. The Morgan fingerprint density at radius 2 is 2.15 bits per heavy atom. The summed E-state index contributed by atoms with van der Waals surface area (Å²) in [5, 5.41) is 13.1. The second-order valence-corrected chi connectivity index (χ2v) is 4.17. The minimum atomic E-state index is -1.08. The summed E-state index contributed by atoms with van der Waals surface area (Å²) in [5.74, 6) is -0.356. The molecule has 1 N–H and O–H groups in total. The molecule has 0 atom stereocenters. The first-order valence-electron chi connectivity index (χ1n) is 5.91. The van der Waals surface area contributed by atoms with E-state index < -0.39 is 5.97 Å². The zero-order chi connectivity index (χ0) is 14.1. The lowest BCUT2D eigenvalue weighted by atomic mass is 10.1. The first-order valence-corrected chi connectivity index (χ1v) is 5.91. The standard InChI is InChI=1S/C14H11N3O3/c1-20-10-4-2-3-9(7-10)12-5-6-15-13-8-11(14(18)19)16-17(12)13/h2-8H,1H3,(H,18,19).